The third-order valence-electron chi connectivity index (χ3n) is 9.68. The second-order valence-electron chi connectivity index (χ2n) is 12.0. The van der Waals surface area contributed by atoms with Gasteiger partial charge in [0.05, 0.1) is 30.1 Å². The molecule has 6 atom stereocenters. The maximum Gasteiger partial charge on any atom is 0.253 e. The van der Waals surface area contributed by atoms with E-state index in [0.717, 1.165) is 24.5 Å². The van der Waals surface area contributed by atoms with Crippen molar-refractivity contribution in [1.29, 1.82) is 0 Å². The SMILES string of the molecule is CCN(CC)c1ccc(N2CC=C[C@]34O[C@]5(CC)C=CCN(C)C(=O)[C@@H]5[C@H]3C(=O)N([C@@H](CO)C(C)C)C4C2=O)cc1. The number of amides is 3. The molecule has 9 nitrogen and oxygen atoms in total. The zero-order chi connectivity index (χ0) is 29.7. The minimum absolute atomic E-state index is 0.120. The van der Waals surface area contributed by atoms with Gasteiger partial charge in [0, 0.05) is 44.6 Å². The molecule has 0 radical (unpaired) electrons. The molecular formula is C32H44N4O5. The van der Waals surface area contributed by atoms with E-state index in [9.17, 15) is 19.5 Å². The van der Waals surface area contributed by atoms with E-state index < -0.39 is 35.1 Å². The molecule has 0 bridgehead atoms. The van der Waals surface area contributed by atoms with Gasteiger partial charge in [0.1, 0.15) is 11.6 Å². The lowest BCUT2D eigenvalue weighted by Crippen LogP contribution is -2.60. The molecule has 4 aliphatic rings. The van der Waals surface area contributed by atoms with Gasteiger partial charge in [-0.25, -0.2) is 0 Å². The topological polar surface area (TPSA) is 93.6 Å². The average molecular weight is 565 g/mol. The molecule has 1 aromatic carbocycles. The fraction of sp³-hybridized carbons (Fsp3) is 0.594. The summed E-state index contributed by atoms with van der Waals surface area (Å²) in [6.07, 6.45) is 8.10. The summed E-state index contributed by atoms with van der Waals surface area (Å²) < 4.78 is 6.99. The van der Waals surface area contributed by atoms with Gasteiger partial charge in [-0.05, 0) is 50.5 Å². The summed E-state index contributed by atoms with van der Waals surface area (Å²) in [4.78, 5) is 50.3. The summed E-state index contributed by atoms with van der Waals surface area (Å²) in [6.45, 7) is 12.2. The quantitative estimate of drug-likeness (QED) is 0.488. The van der Waals surface area contributed by atoms with Gasteiger partial charge in [0.2, 0.25) is 11.8 Å². The number of carbonyl (C=O) groups excluding carboxylic acids is 3. The van der Waals surface area contributed by atoms with Crippen molar-refractivity contribution < 1.29 is 24.2 Å². The van der Waals surface area contributed by atoms with Crippen LogP contribution in [0.3, 0.4) is 0 Å². The van der Waals surface area contributed by atoms with Crippen molar-refractivity contribution in [3.63, 3.8) is 0 Å². The van der Waals surface area contributed by atoms with E-state index in [-0.39, 0.29) is 30.2 Å². The van der Waals surface area contributed by atoms with Crippen LogP contribution in [0.2, 0.25) is 0 Å². The molecule has 1 spiro atoms. The predicted octanol–water partition coefficient (Wildman–Crippen LogP) is 2.84. The van der Waals surface area contributed by atoms with E-state index in [1.807, 2.05) is 69.3 Å². The van der Waals surface area contributed by atoms with Crippen LogP contribution in [-0.2, 0) is 19.1 Å². The van der Waals surface area contributed by atoms with E-state index in [4.69, 9.17) is 4.74 Å². The second-order valence-corrected chi connectivity index (χ2v) is 12.0. The Labute approximate surface area is 243 Å². The maximum atomic E-state index is 14.7. The number of benzene rings is 1. The molecule has 0 aliphatic carbocycles. The van der Waals surface area contributed by atoms with E-state index in [2.05, 4.69) is 18.7 Å². The lowest BCUT2D eigenvalue weighted by Gasteiger charge is -2.41. The van der Waals surface area contributed by atoms with Crippen LogP contribution in [0.15, 0.2) is 48.6 Å². The number of likely N-dealkylation sites (N-methyl/N-ethyl adjacent to an activating group) is 1. The number of anilines is 2. The van der Waals surface area contributed by atoms with E-state index in [0.29, 0.717) is 19.5 Å². The first-order chi connectivity index (χ1) is 19.6. The molecule has 9 heteroatoms. The predicted molar refractivity (Wildman–Crippen MR) is 158 cm³/mol. The molecule has 1 unspecified atom stereocenters. The van der Waals surface area contributed by atoms with Gasteiger partial charge in [-0.3, -0.25) is 14.4 Å². The van der Waals surface area contributed by atoms with Crippen molar-refractivity contribution in [2.75, 3.05) is 49.6 Å². The van der Waals surface area contributed by atoms with Crippen LogP contribution >= 0.6 is 0 Å². The van der Waals surface area contributed by atoms with Crippen LogP contribution < -0.4 is 9.80 Å². The first-order valence-electron chi connectivity index (χ1n) is 15.0. The first kappa shape index (κ1) is 29.3. The Kier molecular flexibility index (Phi) is 7.80. The van der Waals surface area contributed by atoms with Gasteiger partial charge in [0.15, 0.2) is 0 Å². The van der Waals surface area contributed by atoms with Gasteiger partial charge in [-0.2, -0.15) is 0 Å². The number of fused-ring (bicyclic) bond motifs is 2. The van der Waals surface area contributed by atoms with Crippen LogP contribution in [-0.4, -0.2) is 95.7 Å². The Balaban J connectivity index is 1.64. The molecule has 0 aromatic heterocycles. The van der Waals surface area contributed by atoms with Crippen molar-refractivity contribution in [2.24, 2.45) is 17.8 Å². The number of likely N-dealkylation sites (tertiary alicyclic amines) is 1. The fourth-order valence-corrected chi connectivity index (χ4v) is 7.46. The molecule has 2 saturated heterocycles. The molecule has 4 aliphatic heterocycles. The Morgan fingerprint density at radius 2 is 1.61 bits per heavy atom. The molecule has 0 saturated carbocycles. The van der Waals surface area contributed by atoms with Crippen molar-refractivity contribution in [3.8, 4) is 0 Å². The second kappa shape index (κ2) is 10.9. The first-order valence-corrected chi connectivity index (χ1v) is 15.0. The Hall–Kier alpha value is -3.17. The number of carbonyl (C=O) groups is 3. The van der Waals surface area contributed by atoms with Gasteiger partial charge >= 0.3 is 0 Å². The summed E-state index contributed by atoms with van der Waals surface area (Å²) in [6, 6.07) is 6.28. The third kappa shape index (κ3) is 4.31. The molecule has 4 heterocycles. The minimum atomic E-state index is -1.34. The third-order valence-corrected chi connectivity index (χ3v) is 9.68. The fourth-order valence-electron chi connectivity index (χ4n) is 7.46. The zero-order valence-corrected chi connectivity index (χ0v) is 25.1. The number of nitrogens with zero attached hydrogens (tertiary/aromatic N) is 4. The molecule has 1 N–H and O–H groups in total. The van der Waals surface area contributed by atoms with Crippen molar-refractivity contribution in [3.05, 3.63) is 48.6 Å². The number of aliphatic hydroxyl groups excluding tert-OH is 1. The van der Waals surface area contributed by atoms with E-state index in [1.54, 1.807) is 21.7 Å². The highest BCUT2D eigenvalue weighted by Gasteiger charge is 2.76. The lowest BCUT2D eigenvalue weighted by atomic mass is 9.73. The summed E-state index contributed by atoms with van der Waals surface area (Å²) in [5, 5.41) is 10.5. The monoisotopic (exact) mass is 564 g/mol. The smallest absolute Gasteiger partial charge is 0.253 e. The highest BCUT2D eigenvalue weighted by molar-refractivity contribution is 6.06. The Morgan fingerprint density at radius 3 is 2.20 bits per heavy atom. The summed E-state index contributed by atoms with van der Waals surface area (Å²) in [5.41, 5.74) is -0.554. The van der Waals surface area contributed by atoms with Gasteiger partial charge in [-0.1, -0.05) is 45.1 Å². The van der Waals surface area contributed by atoms with E-state index >= 15 is 0 Å². The van der Waals surface area contributed by atoms with Crippen molar-refractivity contribution >= 4 is 29.1 Å². The van der Waals surface area contributed by atoms with Gasteiger partial charge in [-0.15, -0.1) is 0 Å². The molecule has 1 aromatic rings. The van der Waals surface area contributed by atoms with Gasteiger partial charge < -0.3 is 29.4 Å². The Morgan fingerprint density at radius 1 is 0.951 bits per heavy atom. The van der Waals surface area contributed by atoms with Crippen molar-refractivity contribution in [1.82, 2.24) is 9.80 Å². The zero-order valence-electron chi connectivity index (χ0n) is 25.1. The molecular weight excluding hydrogens is 520 g/mol. The highest BCUT2D eigenvalue weighted by Crippen LogP contribution is 2.59. The van der Waals surface area contributed by atoms with Crippen LogP contribution in [0.25, 0.3) is 0 Å². The summed E-state index contributed by atoms with van der Waals surface area (Å²) in [5.74, 6) is -2.52. The molecule has 2 fully saturated rings. The maximum absolute atomic E-state index is 14.7. The van der Waals surface area contributed by atoms with Gasteiger partial charge in [0.25, 0.3) is 5.91 Å². The normalized spacial score (nSPS) is 31.8. The number of rotatable bonds is 8. The number of hydrogen-bond donors (Lipinski definition) is 1. The molecule has 3 amide bonds. The lowest BCUT2D eigenvalue weighted by molar-refractivity contribution is -0.153. The summed E-state index contributed by atoms with van der Waals surface area (Å²) >= 11 is 0. The van der Waals surface area contributed by atoms with Crippen molar-refractivity contribution in [2.45, 2.75) is 64.3 Å². The van der Waals surface area contributed by atoms with Crippen LogP contribution in [0.5, 0.6) is 0 Å². The molecule has 222 valence electrons. The number of aliphatic hydroxyl groups is 1. The number of ether oxygens (including phenoxy) is 1. The standard InChI is InChI=1S/C32H44N4O5/c1-7-31-16-10-18-33(6)28(38)25(31)26-29(39)36(24(20-37)21(4)5)27-30(40)35(19-11-17-32(26,27)41-31)23-14-12-22(13-15-23)34(8-2)9-3/h10-17,21,24-27,37H,7-9,18-20H2,1-6H3/t24-,25-,26-,27?,31+,32-/m0/s1. The summed E-state index contributed by atoms with van der Waals surface area (Å²) in [7, 11) is 1.74. The number of hydrogen-bond acceptors (Lipinski definition) is 6. The highest BCUT2D eigenvalue weighted by atomic mass is 16.5. The Bertz CT molecular complexity index is 1240. The molecule has 5 rings (SSSR count). The van der Waals surface area contributed by atoms with Crippen LogP contribution in [0.1, 0.15) is 41.0 Å². The van der Waals surface area contributed by atoms with Crippen LogP contribution in [0, 0.1) is 17.8 Å². The average Bonchev–Trinajstić information content (AvgIpc) is 3.26. The van der Waals surface area contributed by atoms with E-state index in [1.165, 1.54) is 0 Å². The van der Waals surface area contributed by atoms with Crippen LogP contribution in [0.4, 0.5) is 11.4 Å². The minimum Gasteiger partial charge on any atom is -0.394 e. The largest absolute Gasteiger partial charge is 0.394 e. The molecule has 41 heavy (non-hydrogen) atoms.